The van der Waals surface area contributed by atoms with Crippen LogP contribution in [-0.4, -0.2) is 26.0 Å². The van der Waals surface area contributed by atoms with Crippen LogP contribution in [0.15, 0.2) is 67.0 Å². The largest absolute Gasteiger partial charge is 0.477 e. The van der Waals surface area contributed by atoms with Crippen LogP contribution in [0.5, 0.6) is 0 Å². The summed E-state index contributed by atoms with van der Waals surface area (Å²) < 4.78 is 0. The van der Waals surface area contributed by atoms with Crippen molar-refractivity contribution in [1.29, 1.82) is 0 Å². The Bertz CT molecular complexity index is 1080. The number of aromatic carboxylic acids is 1. The second kappa shape index (κ2) is 9.83. The van der Waals surface area contributed by atoms with Gasteiger partial charge in [0.15, 0.2) is 0 Å². The van der Waals surface area contributed by atoms with E-state index in [0.717, 1.165) is 22.6 Å². The van der Waals surface area contributed by atoms with Gasteiger partial charge in [0.25, 0.3) is 0 Å². The second-order valence-electron chi connectivity index (χ2n) is 5.91. The Kier molecular flexibility index (Phi) is 7.50. The third kappa shape index (κ3) is 5.06. The number of rotatable bonds is 2. The summed E-state index contributed by atoms with van der Waals surface area (Å²) in [5.41, 5.74) is 3.91. The first-order chi connectivity index (χ1) is 13.1. The fourth-order valence-electron chi connectivity index (χ4n) is 2.69. The summed E-state index contributed by atoms with van der Waals surface area (Å²) in [6.45, 7) is 3.95. The average molecular weight is 549 g/mol. The molecule has 4 aromatic rings. The molecule has 4 rings (SSSR count). The zero-order valence-electron chi connectivity index (χ0n) is 15.4. The molecule has 0 amide bonds. The molecule has 0 aliphatic heterocycles. The molecular formula is C22H18IrN3O2-. The van der Waals surface area contributed by atoms with Crippen LogP contribution in [0, 0.1) is 19.9 Å². The van der Waals surface area contributed by atoms with Gasteiger partial charge < -0.3 is 10.1 Å². The number of aryl methyl sites for hydroxylation is 2. The van der Waals surface area contributed by atoms with E-state index in [-0.39, 0.29) is 25.8 Å². The number of hydrogen-bond acceptors (Lipinski definition) is 4. The molecule has 5 nitrogen and oxygen atoms in total. The fraction of sp³-hybridized carbons (Fsp3) is 0.0909. The van der Waals surface area contributed by atoms with Gasteiger partial charge in [-0.1, -0.05) is 35.7 Å². The zero-order chi connectivity index (χ0) is 19.2. The molecule has 0 bridgehead atoms. The number of pyridine rings is 1. The number of fused-ring (bicyclic) bond motifs is 1. The van der Waals surface area contributed by atoms with Crippen LogP contribution in [0.1, 0.15) is 21.9 Å². The second-order valence-corrected chi connectivity index (χ2v) is 5.91. The molecule has 28 heavy (non-hydrogen) atoms. The molecule has 1 N–H and O–H groups in total. The van der Waals surface area contributed by atoms with Crippen molar-refractivity contribution in [3.8, 4) is 11.3 Å². The molecule has 0 unspecified atom stereocenters. The van der Waals surface area contributed by atoms with Crippen molar-refractivity contribution in [2.24, 2.45) is 0 Å². The number of hydrogen-bond donors (Lipinski definition) is 1. The van der Waals surface area contributed by atoms with E-state index >= 15 is 0 Å². The van der Waals surface area contributed by atoms with Gasteiger partial charge in [-0.15, -0.1) is 29.1 Å². The van der Waals surface area contributed by atoms with E-state index in [9.17, 15) is 4.79 Å². The maximum Gasteiger partial charge on any atom is 0.354 e. The summed E-state index contributed by atoms with van der Waals surface area (Å²) in [7, 11) is 0. The predicted molar refractivity (Wildman–Crippen MR) is 104 cm³/mol. The van der Waals surface area contributed by atoms with Crippen LogP contribution >= 0.6 is 0 Å². The Morgan fingerprint density at radius 3 is 2.39 bits per heavy atom. The van der Waals surface area contributed by atoms with Gasteiger partial charge >= 0.3 is 5.97 Å². The minimum Gasteiger partial charge on any atom is -0.477 e. The van der Waals surface area contributed by atoms with E-state index in [1.807, 2.05) is 32.0 Å². The fourth-order valence-corrected chi connectivity index (χ4v) is 2.69. The van der Waals surface area contributed by atoms with Crippen LogP contribution in [0.2, 0.25) is 0 Å². The summed E-state index contributed by atoms with van der Waals surface area (Å²) >= 11 is 0. The quantitative estimate of drug-likeness (QED) is 0.374. The molecule has 0 saturated carbocycles. The molecule has 6 heteroatoms. The van der Waals surface area contributed by atoms with Gasteiger partial charge in [-0.3, -0.25) is 4.98 Å². The minimum absolute atomic E-state index is 0. The van der Waals surface area contributed by atoms with Crippen molar-refractivity contribution < 1.29 is 30.0 Å². The minimum atomic E-state index is -0.990. The van der Waals surface area contributed by atoms with Gasteiger partial charge in [-0.05, 0) is 26.0 Å². The van der Waals surface area contributed by atoms with Gasteiger partial charge in [0.2, 0.25) is 0 Å². The van der Waals surface area contributed by atoms with E-state index < -0.39 is 5.97 Å². The molecule has 0 aliphatic carbocycles. The van der Waals surface area contributed by atoms with Crippen LogP contribution in [0.4, 0.5) is 0 Å². The van der Waals surface area contributed by atoms with Crippen molar-refractivity contribution in [1.82, 2.24) is 15.0 Å². The van der Waals surface area contributed by atoms with E-state index in [2.05, 4.69) is 39.2 Å². The first-order valence-electron chi connectivity index (χ1n) is 8.40. The molecule has 0 saturated heterocycles. The summed E-state index contributed by atoms with van der Waals surface area (Å²) in [6, 6.07) is 20.3. The Morgan fingerprint density at radius 2 is 1.75 bits per heavy atom. The number of carboxylic acids is 1. The van der Waals surface area contributed by atoms with Crippen LogP contribution in [-0.2, 0) is 20.1 Å². The summed E-state index contributed by atoms with van der Waals surface area (Å²) in [4.78, 5) is 22.7. The molecule has 0 fully saturated rings. The van der Waals surface area contributed by atoms with Crippen molar-refractivity contribution >= 4 is 16.7 Å². The van der Waals surface area contributed by atoms with Gasteiger partial charge in [-0.25, -0.2) is 9.78 Å². The van der Waals surface area contributed by atoms with Crippen LogP contribution < -0.4 is 0 Å². The zero-order valence-corrected chi connectivity index (χ0v) is 17.8. The summed E-state index contributed by atoms with van der Waals surface area (Å²) in [5.74, 6) is -0.990. The number of nitrogens with zero attached hydrogens (tertiary/aromatic N) is 3. The van der Waals surface area contributed by atoms with Gasteiger partial charge in [0.05, 0.1) is 5.69 Å². The first kappa shape index (κ1) is 21.4. The number of carboxylic acid groups (broad SMARTS) is 1. The number of carbonyl (C=O) groups is 1. The number of aromatic nitrogens is 3. The normalized spacial score (nSPS) is 9.79. The smallest absolute Gasteiger partial charge is 0.354 e. The van der Waals surface area contributed by atoms with Crippen LogP contribution in [0.25, 0.3) is 22.0 Å². The molecule has 0 atom stereocenters. The van der Waals surface area contributed by atoms with Crippen molar-refractivity contribution in [3.05, 3.63) is 90.1 Å². The molecule has 0 spiro atoms. The standard InChI is InChI=1S/C16H13N2.C6H5NO2.Ir/c1-11-10-17-16(12(2)18-11)15-9-5-7-13-6-3-4-8-14(13)15;8-6(9)5-3-1-2-4-7-5;/h3-8,10H,1-2H3;1-4H,(H,8,9);/q-1;;. The van der Waals surface area contributed by atoms with Crippen LogP contribution in [0.3, 0.4) is 0 Å². The van der Waals surface area contributed by atoms with Crippen molar-refractivity contribution in [2.75, 3.05) is 0 Å². The van der Waals surface area contributed by atoms with E-state index in [0.29, 0.717) is 0 Å². The van der Waals surface area contributed by atoms with Gasteiger partial charge in [-0.2, -0.15) is 0 Å². The Morgan fingerprint density at radius 1 is 1.00 bits per heavy atom. The molecule has 2 aromatic heterocycles. The predicted octanol–water partition coefficient (Wildman–Crippen LogP) is 4.49. The van der Waals surface area contributed by atoms with Crippen molar-refractivity contribution in [2.45, 2.75) is 13.8 Å². The molecule has 0 aliphatic rings. The summed E-state index contributed by atoms with van der Waals surface area (Å²) in [6.07, 6.45) is 3.25. The number of benzene rings is 2. The maximum atomic E-state index is 10.1. The molecule has 2 aromatic carbocycles. The molecular weight excluding hydrogens is 530 g/mol. The first-order valence-corrected chi connectivity index (χ1v) is 8.40. The van der Waals surface area contributed by atoms with E-state index in [1.165, 1.54) is 23.0 Å². The van der Waals surface area contributed by atoms with Crippen molar-refractivity contribution in [3.63, 3.8) is 0 Å². The Labute approximate surface area is 176 Å². The van der Waals surface area contributed by atoms with Gasteiger partial charge in [0.1, 0.15) is 5.69 Å². The SMILES string of the molecule is Cc1cnc(-c2[c-]ccc3ccccc23)c(C)n1.O=C(O)c1ccccn1.[Ir]. The van der Waals surface area contributed by atoms with Gasteiger partial charge in [0, 0.05) is 43.9 Å². The molecule has 2 heterocycles. The third-order valence-corrected chi connectivity index (χ3v) is 3.91. The topological polar surface area (TPSA) is 76.0 Å². The maximum absolute atomic E-state index is 10.1. The summed E-state index contributed by atoms with van der Waals surface area (Å²) in [5, 5.41) is 10.7. The van der Waals surface area contributed by atoms with E-state index in [4.69, 9.17) is 5.11 Å². The molecule has 1 radical (unpaired) electrons. The van der Waals surface area contributed by atoms with E-state index in [1.54, 1.807) is 18.3 Å². The Hall–Kier alpha value is -2.95. The Balaban J connectivity index is 0.000000239. The third-order valence-electron chi connectivity index (χ3n) is 3.91. The molecule has 143 valence electrons. The average Bonchev–Trinajstić information content (AvgIpc) is 2.69. The monoisotopic (exact) mass is 549 g/mol.